The van der Waals surface area contributed by atoms with Crippen LogP contribution in [0.4, 0.5) is 10.5 Å². The third kappa shape index (κ3) is 3.61. The van der Waals surface area contributed by atoms with Gasteiger partial charge in [-0.15, -0.1) is 0 Å². The van der Waals surface area contributed by atoms with Gasteiger partial charge in [-0.2, -0.15) is 0 Å². The summed E-state index contributed by atoms with van der Waals surface area (Å²) in [5.41, 5.74) is 0.574. The lowest BCUT2D eigenvalue weighted by Gasteiger charge is -2.05. The fourth-order valence-corrected chi connectivity index (χ4v) is 2.17. The normalized spacial score (nSPS) is 16.1. The van der Waals surface area contributed by atoms with Gasteiger partial charge in [-0.3, -0.25) is 19.7 Å². The van der Waals surface area contributed by atoms with Crippen LogP contribution in [0.2, 0.25) is 0 Å². The van der Waals surface area contributed by atoms with E-state index in [-0.39, 0.29) is 4.91 Å². The van der Waals surface area contributed by atoms with Gasteiger partial charge in [-0.1, -0.05) is 0 Å². The van der Waals surface area contributed by atoms with Gasteiger partial charge in [0.15, 0.2) is 0 Å². The Balaban J connectivity index is 1.99. The molecule has 1 aliphatic heterocycles. The van der Waals surface area contributed by atoms with Crippen molar-refractivity contribution in [3.63, 3.8) is 0 Å². The second-order valence-corrected chi connectivity index (χ2v) is 4.81. The van der Waals surface area contributed by atoms with Crippen molar-refractivity contribution in [2.24, 2.45) is 0 Å². The zero-order valence-electron chi connectivity index (χ0n) is 10.6. The number of anilines is 1. The number of hydrogen-bond donors (Lipinski definition) is 2. The number of carbonyl (C=O) groups is 3. The van der Waals surface area contributed by atoms with E-state index in [0.717, 1.165) is 6.08 Å². The molecule has 1 aromatic rings. The fourth-order valence-electron chi connectivity index (χ4n) is 1.52. The SMILES string of the molecule is CCOc1ccc(NC(=O)/C=C2\SC(=O)NC2=O)cc1. The van der Waals surface area contributed by atoms with Gasteiger partial charge in [-0.05, 0) is 43.0 Å². The summed E-state index contributed by atoms with van der Waals surface area (Å²) in [5.74, 6) is -0.316. The maximum Gasteiger partial charge on any atom is 0.290 e. The van der Waals surface area contributed by atoms with Crippen molar-refractivity contribution in [3.8, 4) is 5.75 Å². The lowest BCUT2D eigenvalue weighted by atomic mass is 10.3. The largest absolute Gasteiger partial charge is 0.494 e. The van der Waals surface area contributed by atoms with E-state index in [1.807, 2.05) is 6.92 Å². The van der Waals surface area contributed by atoms with Crippen LogP contribution in [0.1, 0.15) is 6.92 Å². The summed E-state index contributed by atoms with van der Waals surface area (Å²) in [6.07, 6.45) is 1.10. The third-order valence-corrected chi connectivity index (χ3v) is 3.15. The van der Waals surface area contributed by atoms with Gasteiger partial charge in [0, 0.05) is 11.8 Å². The van der Waals surface area contributed by atoms with Gasteiger partial charge in [0.05, 0.1) is 11.5 Å². The van der Waals surface area contributed by atoms with Gasteiger partial charge in [0.2, 0.25) is 5.91 Å². The number of nitrogens with one attached hydrogen (secondary N) is 2. The smallest absolute Gasteiger partial charge is 0.290 e. The van der Waals surface area contributed by atoms with Crippen molar-refractivity contribution in [3.05, 3.63) is 35.2 Å². The molecule has 0 radical (unpaired) electrons. The van der Waals surface area contributed by atoms with Gasteiger partial charge in [0.25, 0.3) is 11.1 Å². The monoisotopic (exact) mass is 292 g/mol. The van der Waals surface area contributed by atoms with Crippen LogP contribution in [0.5, 0.6) is 5.75 Å². The zero-order valence-corrected chi connectivity index (χ0v) is 11.5. The van der Waals surface area contributed by atoms with Gasteiger partial charge in [-0.25, -0.2) is 0 Å². The second kappa shape index (κ2) is 6.25. The number of amides is 3. The third-order valence-electron chi connectivity index (χ3n) is 2.34. The molecule has 0 bridgehead atoms. The Morgan fingerprint density at radius 1 is 1.35 bits per heavy atom. The first-order valence-corrected chi connectivity index (χ1v) is 6.69. The number of thioether (sulfide) groups is 1. The molecule has 3 amide bonds. The molecule has 104 valence electrons. The van der Waals surface area contributed by atoms with Crippen LogP contribution in [0, 0.1) is 0 Å². The van der Waals surface area contributed by atoms with E-state index < -0.39 is 17.1 Å². The topological polar surface area (TPSA) is 84.5 Å². The average Bonchev–Trinajstić information content (AvgIpc) is 2.70. The summed E-state index contributed by atoms with van der Waals surface area (Å²) in [7, 11) is 0. The Kier molecular flexibility index (Phi) is 4.41. The van der Waals surface area contributed by atoms with Crippen molar-refractivity contribution in [2.75, 3.05) is 11.9 Å². The Bertz CT molecular complexity index is 581. The summed E-state index contributed by atoms with van der Waals surface area (Å²) in [6.45, 7) is 2.45. The van der Waals surface area contributed by atoms with E-state index in [9.17, 15) is 14.4 Å². The predicted octanol–water partition coefficient (Wildman–Crippen LogP) is 1.89. The number of imide groups is 1. The predicted molar refractivity (Wildman–Crippen MR) is 75.5 cm³/mol. The average molecular weight is 292 g/mol. The number of ether oxygens (including phenoxy) is 1. The van der Waals surface area contributed by atoms with Crippen LogP contribution in [-0.2, 0) is 9.59 Å². The molecule has 1 saturated heterocycles. The molecular weight excluding hydrogens is 280 g/mol. The molecule has 0 aliphatic carbocycles. The molecule has 0 spiro atoms. The van der Waals surface area contributed by atoms with Crippen molar-refractivity contribution < 1.29 is 19.1 Å². The van der Waals surface area contributed by atoms with Crippen LogP contribution >= 0.6 is 11.8 Å². The standard InChI is InChI=1S/C13H12N2O4S/c1-2-19-9-5-3-8(4-6-9)14-11(16)7-10-12(17)15-13(18)20-10/h3-7H,2H2,1H3,(H,14,16)(H,15,17,18)/b10-7-. The Morgan fingerprint density at radius 3 is 2.60 bits per heavy atom. The highest BCUT2D eigenvalue weighted by Gasteiger charge is 2.25. The quantitative estimate of drug-likeness (QED) is 0.828. The molecule has 20 heavy (non-hydrogen) atoms. The van der Waals surface area contributed by atoms with E-state index in [4.69, 9.17) is 4.74 Å². The van der Waals surface area contributed by atoms with Crippen molar-refractivity contribution in [1.29, 1.82) is 0 Å². The number of hydrogen-bond acceptors (Lipinski definition) is 5. The van der Waals surface area contributed by atoms with Gasteiger partial charge >= 0.3 is 0 Å². The lowest BCUT2D eigenvalue weighted by Crippen LogP contribution is -2.18. The molecule has 1 fully saturated rings. The maximum absolute atomic E-state index is 11.7. The first-order valence-electron chi connectivity index (χ1n) is 5.87. The molecule has 1 aromatic carbocycles. The minimum absolute atomic E-state index is 0.0819. The Labute approximate surface area is 119 Å². The highest BCUT2D eigenvalue weighted by atomic mass is 32.2. The number of rotatable bonds is 4. The zero-order chi connectivity index (χ0) is 14.5. The van der Waals surface area contributed by atoms with Crippen molar-refractivity contribution in [2.45, 2.75) is 6.92 Å². The molecule has 6 nitrogen and oxygen atoms in total. The lowest BCUT2D eigenvalue weighted by molar-refractivity contribution is -0.116. The molecule has 1 aliphatic rings. The highest BCUT2D eigenvalue weighted by molar-refractivity contribution is 8.18. The molecular formula is C13H12N2O4S. The van der Waals surface area contributed by atoms with Crippen molar-refractivity contribution >= 4 is 34.5 Å². The Hall–Kier alpha value is -2.28. The van der Waals surface area contributed by atoms with Crippen LogP contribution in [0.15, 0.2) is 35.2 Å². The van der Waals surface area contributed by atoms with Crippen LogP contribution in [-0.4, -0.2) is 23.7 Å². The molecule has 0 unspecified atom stereocenters. The highest BCUT2D eigenvalue weighted by Crippen LogP contribution is 2.23. The second-order valence-electron chi connectivity index (χ2n) is 3.80. The fraction of sp³-hybridized carbons (Fsp3) is 0.154. The Morgan fingerprint density at radius 2 is 2.05 bits per heavy atom. The summed E-state index contributed by atoms with van der Waals surface area (Å²) in [5, 5.41) is 4.20. The first kappa shape index (κ1) is 14.1. The van der Waals surface area contributed by atoms with Crippen LogP contribution in [0.3, 0.4) is 0 Å². The minimum Gasteiger partial charge on any atom is -0.494 e. The molecule has 0 aromatic heterocycles. The van der Waals surface area contributed by atoms with Crippen molar-refractivity contribution in [1.82, 2.24) is 5.32 Å². The number of carbonyl (C=O) groups excluding carboxylic acids is 3. The molecule has 2 N–H and O–H groups in total. The summed E-state index contributed by atoms with van der Waals surface area (Å²) >= 11 is 0.702. The molecule has 0 atom stereocenters. The van der Waals surface area contributed by atoms with Gasteiger partial charge in [0.1, 0.15) is 5.75 Å². The van der Waals surface area contributed by atoms with Crippen LogP contribution < -0.4 is 15.4 Å². The summed E-state index contributed by atoms with van der Waals surface area (Å²) in [4.78, 5) is 34.0. The van der Waals surface area contributed by atoms with Gasteiger partial charge < -0.3 is 10.1 Å². The van der Waals surface area contributed by atoms with E-state index in [1.165, 1.54) is 0 Å². The molecule has 7 heteroatoms. The number of benzene rings is 1. The molecule has 1 heterocycles. The van der Waals surface area contributed by atoms with E-state index in [1.54, 1.807) is 24.3 Å². The summed E-state index contributed by atoms with van der Waals surface area (Å²) < 4.78 is 5.28. The first-order chi connectivity index (χ1) is 9.58. The van der Waals surface area contributed by atoms with E-state index in [2.05, 4.69) is 10.6 Å². The summed E-state index contributed by atoms with van der Waals surface area (Å²) in [6, 6.07) is 6.84. The molecule has 0 saturated carbocycles. The molecule has 2 rings (SSSR count). The maximum atomic E-state index is 11.7. The van der Waals surface area contributed by atoms with Crippen LogP contribution in [0.25, 0.3) is 0 Å². The van der Waals surface area contributed by atoms with E-state index in [0.29, 0.717) is 29.8 Å². The minimum atomic E-state index is -0.554. The van der Waals surface area contributed by atoms with E-state index >= 15 is 0 Å².